The van der Waals surface area contributed by atoms with Gasteiger partial charge in [0.15, 0.2) is 0 Å². The maximum absolute atomic E-state index is 5.41. The third-order valence-electron chi connectivity index (χ3n) is 3.24. The lowest BCUT2D eigenvalue weighted by Crippen LogP contribution is -2.42. The van der Waals surface area contributed by atoms with E-state index in [1.165, 1.54) is 6.33 Å². The van der Waals surface area contributed by atoms with Gasteiger partial charge >= 0.3 is 0 Å². The van der Waals surface area contributed by atoms with Gasteiger partial charge in [0.1, 0.15) is 18.0 Å². The summed E-state index contributed by atoms with van der Waals surface area (Å²) in [6.45, 7) is 8.68. The van der Waals surface area contributed by atoms with Crippen molar-refractivity contribution >= 4 is 11.6 Å². The highest BCUT2D eigenvalue weighted by Gasteiger charge is 2.15. The second-order valence-corrected chi connectivity index (χ2v) is 4.80. The smallest absolute Gasteiger partial charge is 0.148 e. The van der Waals surface area contributed by atoms with Crippen LogP contribution in [0.25, 0.3) is 0 Å². The number of aromatic nitrogens is 2. The van der Waals surface area contributed by atoms with Gasteiger partial charge < -0.3 is 15.5 Å². The van der Waals surface area contributed by atoms with Crippen LogP contribution in [-0.4, -0.2) is 53.8 Å². The van der Waals surface area contributed by atoms with Crippen molar-refractivity contribution in [2.45, 2.75) is 19.9 Å². The van der Waals surface area contributed by atoms with Crippen molar-refractivity contribution in [2.75, 3.05) is 43.6 Å². The molecule has 2 heterocycles. The molecule has 0 radical (unpaired) electrons. The lowest BCUT2D eigenvalue weighted by atomic mass is 10.2. The van der Waals surface area contributed by atoms with E-state index < -0.39 is 0 Å². The van der Waals surface area contributed by atoms with E-state index in [1.54, 1.807) is 0 Å². The highest BCUT2D eigenvalue weighted by molar-refractivity contribution is 5.56. The summed E-state index contributed by atoms with van der Waals surface area (Å²) in [5.41, 5.74) is 3.50. The Bertz CT molecular complexity index is 407. The summed E-state index contributed by atoms with van der Waals surface area (Å²) in [5.74, 6) is 6.88. The van der Waals surface area contributed by atoms with Gasteiger partial charge in [-0.05, 0) is 13.8 Å². The van der Waals surface area contributed by atoms with Gasteiger partial charge in [-0.3, -0.25) is 4.90 Å². The van der Waals surface area contributed by atoms with Gasteiger partial charge in [0.2, 0.25) is 0 Å². The minimum Gasteiger partial charge on any atom is -0.379 e. The minimum atomic E-state index is 0.303. The molecule has 7 heteroatoms. The standard InChI is InChI=1S/C12H22N6O/c1-9(7-18-3-5-19-6-4-18)16-11-10(2)12(17-13)15-8-14-11/h8-9H,3-7,13H2,1-2H3,(H2,14,15,16,17). The first-order valence-corrected chi connectivity index (χ1v) is 6.55. The SMILES string of the molecule is Cc1c(NN)ncnc1NC(C)CN1CCOCC1. The zero-order chi connectivity index (χ0) is 13.7. The fraction of sp³-hybridized carbons (Fsp3) is 0.667. The molecular weight excluding hydrogens is 244 g/mol. The Morgan fingerprint density at radius 1 is 1.37 bits per heavy atom. The quantitative estimate of drug-likeness (QED) is 0.518. The molecule has 1 aliphatic rings. The summed E-state index contributed by atoms with van der Waals surface area (Å²) in [4.78, 5) is 10.7. The predicted molar refractivity (Wildman–Crippen MR) is 74.9 cm³/mol. The zero-order valence-corrected chi connectivity index (χ0v) is 11.5. The fourth-order valence-electron chi connectivity index (χ4n) is 2.19. The molecule has 0 amide bonds. The Morgan fingerprint density at radius 2 is 2.05 bits per heavy atom. The Labute approximate surface area is 113 Å². The summed E-state index contributed by atoms with van der Waals surface area (Å²) < 4.78 is 5.34. The maximum atomic E-state index is 5.41. The van der Waals surface area contributed by atoms with Crippen LogP contribution in [0.1, 0.15) is 12.5 Å². The summed E-state index contributed by atoms with van der Waals surface area (Å²) in [7, 11) is 0. The highest BCUT2D eigenvalue weighted by Crippen LogP contribution is 2.18. The van der Waals surface area contributed by atoms with Crippen molar-refractivity contribution in [1.29, 1.82) is 0 Å². The van der Waals surface area contributed by atoms with Gasteiger partial charge in [0.25, 0.3) is 0 Å². The average molecular weight is 266 g/mol. The molecule has 106 valence electrons. The molecular formula is C12H22N6O. The number of nitrogens with zero attached hydrogens (tertiary/aromatic N) is 3. The van der Waals surface area contributed by atoms with Gasteiger partial charge in [0.05, 0.1) is 13.2 Å². The van der Waals surface area contributed by atoms with Crippen LogP contribution < -0.4 is 16.6 Å². The number of nitrogens with two attached hydrogens (primary N) is 1. The lowest BCUT2D eigenvalue weighted by molar-refractivity contribution is 0.0368. The molecule has 1 aliphatic heterocycles. The normalized spacial score (nSPS) is 18.1. The van der Waals surface area contributed by atoms with E-state index in [1.807, 2.05) is 6.92 Å². The van der Waals surface area contributed by atoms with Crippen LogP contribution in [0.2, 0.25) is 0 Å². The molecule has 0 aliphatic carbocycles. The molecule has 0 bridgehead atoms. The number of rotatable bonds is 5. The molecule has 2 rings (SSSR count). The number of anilines is 2. The monoisotopic (exact) mass is 266 g/mol. The molecule has 7 nitrogen and oxygen atoms in total. The lowest BCUT2D eigenvalue weighted by Gasteiger charge is -2.29. The second kappa shape index (κ2) is 6.65. The second-order valence-electron chi connectivity index (χ2n) is 4.80. The summed E-state index contributed by atoms with van der Waals surface area (Å²) in [5, 5.41) is 3.40. The largest absolute Gasteiger partial charge is 0.379 e. The van der Waals surface area contributed by atoms with Gasteiger partial charge in [-0.25, -0.2) is 15.8 Å². The predicted octanol–water partition coefficient (Wildman–Crippen LogP) is 0.203. The minimum absolute atomic E-state index is 0.303. The Kier molecular flexibility index (Phi) is 4.89. The van der Waals surface area contributed by atoms with E-state index in [-0.39, 0.29) is 0 Å². The van der Waals surface area contributed by atoms with Gasteiger partial charge in [-0.1, -0.05) is 0 Å². The van der Waals surface area contributed by atoms with E-state index in [0.29, 0.717) is 11.9 Å². The fourth-order valence-corrected chi connectivity index (χ4v) is 2.19. The topological polar surface area (TPSA) is 88.3 Å². The number of ether oxygens (including phenoxy) is 1. The third-order valence-corrected chi connectivity index (χ3v) is 3.24. The molecule has 1 aromatic heterocycles. The number of nitrogens with one attached hydrogen (secondary N) is 2. The van der Waals surface area contributed by atoms with Crippen molar-refractivity contribution in [3.8, 4) is 0 Å². The molecule has 1 aromatic rings. The molecule has 0 saturated carbocycles. The van der Waals surface area contributed by atoms with E-state index >= 15 is 0 Å². The summed E-state index contributed by atoms with van der Waals surface area (Å²) in [6, 6.07) is 0.303. The van der Waals surface area contributed by atoms with Crippen molar-refractivity contribution < 1.29 is 4.74 Å². The van der Waals surface area contributed by atoms with Gasteiger partial charge in [-0.2, -0.15) is 0 Å². The number of nitrogen functional groups attached to an aromatic ring is 1. The number of hydrazine groups is 1. The van der Waals surface area contributed by atoms with E-state index in [0.717, 1.165) is 44.2 Å². The van der Waals surface area contributed by atoms with Crippen LogP contribution in [0, 0.1) is 6.92 Å². The van der Waals surface area contributed by atoms with Crippen LogP contribution in [0.3, 0.4) is 0 Å². The molecule has 1 saturated heterocycles. The van der Waals surface area contributed by atoms with Crippen molar-refractivity contribution in [1.82, 2.24) is 14.9 Å². The van der Waals surface area contributed by atoms with Crippen LogP contribution in [-0.2, 0) is 4.74 Å². The highest BCUT2D eigenvalue weighted by atomic mass is 16.5. The first-order chi connectivity index (χ1) is 9.20. The van der Waals surface area contributed by atoms with Crippen LogP contribution in [0.5, 0.6) is 0 Å². The Morgan fingerprint density at radius 3 is 2.74 bits per heavy atom. The molecule has 19 heavy (non-hydrogen) atoms. The molecule has 1 fully saturated rings. The summed E-state index contributed by atoms with van der Waals surface area (Å²) in [6.07, 6.45) is 1.51. The zero-order valence-electron chi connectivity index (χ0n) is 11.5. The van der Waals surface area contributed by atoms with E-state index in [2.05, 4.69) is 32.5 Å². The average Bonchev–Trinajstić information content (AvgIpc) is 2.42. The van der Waals surface area contributed by atoms with Crippen LogP contribution >= 0.6 is 0 Å². The van der Waals surface area contributed by atoms with Crippen LogP contribution in [0.15, 0.2) is 6.33 Å². The Hall–Kier alpha value is -1.44. The number of hydrogen-bond donors (Lipinski definition) is 3. The van der Waals surface area contributed by atoms with Gasteiger partial charge in [0, 0.05) is 31.2 Å². The molecule has 0 aromatic carbocycles. The first-order valence-electron chi connectivity index (χ1n) is 6.55. The van der Waals surface area contributed by atoms with E-state index in [4.69, 9.17) is 10.6 Å². The van der Waals surface area contributed by atoms with Crippen molar-refractivity contribution in [3.63, 3.8) is 0 Å². The molecule has 4 N–H and O–H groups in total. The maximum Gasteiger partial charge on any atom is 0.148 e. The van der Waals surface area contributed by atoms with Crippen LogP contribution in [0.4, 0.5) is 11.6 Å². The van der Waals surface area contributed by atoms with Crippen molar-refractivity contribution in [3.05, 3.63) is 11.9 Å². The van der Waals surface area contributed by atoms with Gasteiger partial charge in [-0.15, -0.1) is 0 Å². The first kappa shape index (κ1) is 14.0. The molecule has 0 spiro atoms. The van der Waals surface area contributed by atoms with E-state index in [9.17, 15) is 0 Å². The number of morpholine rings is 1. The summed E-state index contributed by atoms with van der Waals surface area (Å²) >= 11 is 0. The molecule has 1 unspecified atom stereocenters. The Balaban J connectivity index is 1.92. The molecule has 1 atom stereocenters. The number of hydrogen-bond acceptors (Lipinski definition) is 7. The van der Waals surface area contributed by atoms with Crippen molar-refractivity contribution in [2.24, 2.45) is 5.84 Å². The third kappa shape index (κ3) is 3.76.